The summed E-state index contributed by atoms with van der Waals surface area (Å²) in [7, 11) is 0. The first-order chi connectivity index (χ1) is 6.47. The van der Waals surface area contributed by atoms with E-state index in [1.807, 2.05) is 0 Å². The van der Waals surface area contributed by atoms with Gasteiger partial charge in [0.25, 0.3) is 0 Å². The van der Waals surface area contributed by atoms with Gasteiger partial charge in [0.05, 0.1) is 12.0 Å². The van der Waals surface area contributed by atoms with Crippen LogP contribution in [0.25, 0.3) is 0 Å². The number of nitrogens with one attached hydrogen (secondary N) is 1. The maximum absolute atomic E-state index is 10.6. The van der Waals surface area contributed by atoms with E-state index in [0.717, 1.165) is 12.3 Å². The van der Waals surface area contributed by atoms with Crippen LogP contribution in [0.3, 0.4) is 0 Å². The summed E-state index contributed by atoms with van der Waals surface area (Å²) in [5.74, 6) is -3.28. The summed E-state index contributed by atoms with van der Waals surface area (Å²) in [5.41, 5.74) is -0.410. The number of carboxylic acid groups (broad SMARTS) is 2. The monoisotopic (exact) mass is 199 g/mol. The van der Waals surface area contributed by atoms with E-state index in [9.17, 15) is 14.4 Å². The second-order valence-corrected chi connectivity index (χ2v) is 2.26. The lowest BCUT2D eigenvalue weighted by molar-refractivity contribution is -0.139. The van der Waals surface area contributed by atoms with E-state index < -0.39 is 29.8 Å². The van der Waals surface area contributed by atoms with Crippen molar-refractivity contribution in [1.82, 2.24) is 5.32 Å². The van der Waals surface area contributed by atoms with Gasteiger partial charge >= 0.3 is 11.9 Å². The number of carbonyl (C=O) groups is 3. The third-order valence-corrected chi connectivity index (χ3v) is 1.19. The van der Waals surface area contributed by atoms with Crippen molar-refractivity contribution in [2.45, 2.75) is 6.42 Å². The zero-order valence-electron chi connectivity index (χ0n) is 7.19. The quantitative estimate of drug-likeness (QED) is 0.529. The molecule has 0 aliphatic rings. The van der Waals surface area contributed by atoms with Crippen LogP contribution in [0.15, 0.2) is 24.4 Å². The molecule has 0 saturated carbocycles. The second-order valence-electron chi connectivity index (χ2n) is 2.26. The Kier molecular flexibility index (Phi) is 4.69. The Morgan fingerprint density at radius 1 is 1.29 bits per heavy atom. The van der Waals surface area contributed by atoms with Crippen molar-refractivity contribution >= 4 is 17.8 Å². The number of carbonyl (C=O) groups excluding carboxylic acids is 1. The van der Waals surface area contributed by atoms with E-state index in [1.165, 1.54) is 0 Å². The Morgan fingerprint density at radius 3 is 2.21 bits per heavy atom. The van der Waals surface area contributed by atoms with E-state index in [0.29, 0.717) is 0 Å². The van der Waals surface area contributed by atoms with E-state index >= 15 is 0 Å². The van der Waals surface area contributed by atoms with Crippen LogP contribution in [0.2, 0.25) is 0 Å². The minimum Gasteiger partial charge on any atom is -0.481 e. The van der Waals surface area contributed by atoms with Crippen LogP contribution in [-0.2, 0) is 14.4 Å². The predicted octanol–water partition coefficient (Wildman–Crippen LogP) is -0.268. The molecule has 0 bridgehead atoms. The molecule has 76 valence electrons. The summed E-state index contributed by atoms with van der Waals surface area (Å²) in [6.45, 7) is 3.14. The number of hydrogen-bond acceptors (Lipinski definition) is 3. The molecule has 0 aromatic rings. The maximum atomic E-state index is 10.6. The van der Waals surface area contributed by atoms with Gasteiger partial charge in [-0.2, -0.15) is 0 Å². The van der Waals surface area contributed by atoms with Gasteiger partial charge in [-0.05, 0) is 6.08 Å². The van der Waals surface area contributed by atoms with Gasteiger partial charge in [-0.15, -0.1) is 0 Å². The van der Waals surface area contributed by atoms with E-state index in [1.54, 1.807) is 0 Å². The average Bonchev–Trinajstić information content (AvgIpc) is 2.10. The predicted molar refractivity (Wildman–Crippen MR) is 46.3 cm³/mol. The van der Waals surface area contributed by atoms with Gasteiger partial charge in [0.2, 0.25) is 5.91 Å². The lowest BCUT2D eigenvalue weighted by Gasteiger charge is -1.98. The van der Waals surface area contributed by atoms with Gasteiger partial charge in [-0.1, -0.05) is 6.58 Å². The molecule has 0 heterocycles. The number of rotatable bonds is 5. The fourth-order valence-corrected chi connectivity index (χ4v) is 0.568. The first-order valence-corrected chi connectivity index (χ1v) is 3.54. The summed E-state index contributed by atoms with van der Waals surface area (Å²) in [6.07, 6.45) is 1.12. The third-order valence-electron chi connectivity index (χ3n) is 1.19. The van der Waals surface area contributed by atoms with Crippen molar-refractivity contribution in [3.8, 4) is 0 Å². The Morgan fingerprint density at radius 2 is 1.86 bits per heavy atom. The van der Waals surface area contributed by atoms with Crippen molar-refractivity contribution < 1.29 is 24.6 Å². The summed E-state index contributed by atoms with van der Waals surface area (Å²) >= 11 is 0. The minimum absolute atomic E-state index is 0.410. The number of hydrogen-bond donors (Lipinski definition) is 3. The highest BCUT2D eigenvalue weighted by Crippen LogP contribution is 1.99. The van der Waals surface area contributed by atoms with Gasteiger partial charge in [-0.25, -0.2) is 4.79 Å². The average molecular weight is 199 g/mol. The van der Waals surface area contributed by atoms with E-state index in [2.05, 4.69) is 11.9 Å². The molecule has 0 aromatic heterocycles. The van der Waals surface area contributed by atoms with Gasteiger partial charge in [0, 0.05) is 6.20 Å². The van der Waals surface area contributed by atoms with Crippen LogP contribution in [0, 0.1) is 0 Å². The maximum Gasteiger partial charge on any atom is 0.333 e. The van der Waals surface area contributed by atoms with Crippen LogP contribution in [0.5, 0.6) is 0 Å². The summed E-state index contributed by atoms with van der Waals surface area (Å²) in [6, 6.07) is 0. The van der Waals surface area contributed by atoms with Crippen molar-refractivity contribution in [3.63, 3.8) is 0 Å². The summed E-state index contributed by atoms with van der Waals surface area (Å²) in [4.78, 5) is 31.2. The van der Waals surface area contributed by atoms with Crippen molar-refractivity contribution in [3.05, 3.63) is 24.4 Å². The van der Waals surface area contributed by atoms with Crippen LogP contribution in [0.4, 0.5) is 0 Å². The fourth-order valence-electron chi connectivity index (χ4n) is 0.568. The zero-order valence-corrected chi connectivity index (χ0v) is 7.19. The highest BCUT2D eigenvalue weighted by molar-refractivity contribution is 5.93. The molecule has 14 heavy (non-hydrogen) atoms. The zero-order chi connectivity index (χ0) is 11.1. The number of amides is 1. The van der Waals surface area contributed by atoms with Gasteiger partial charge in [0.15, 0.2) is 0 Å². The van der Waals surface area contributed by atoms with Crippen molar-refractivity contribution in [2.75, 3.05) is 0 Å². The van der Waals surface area contributed by atoms with E-state index in [4.69, 9.17) is 10.2 Å². The molecule has 0 aromatic carbocycles. The molecule has 0 aliphatic heterocycles. The van der Waals surface area contributed by atoms with Crippen LogP contribution in [0.1, 0.15) is 6.42 Å². The molecule has 0 unspecified atom stereocenters. The van der Waals surface area contributed by atoms with Gasteiger partial charge in [-0.3, -0.25) is 9.59 Å². The molecule has 1 amide bonds. The lowest BCUT2D eigenvalue weighted by atomic mass is 10.2. The Balaban J connectivity index is 4.48. The van der Waals surface area contributed by atoms with Crippen molar-refractivity contribution in [1.29, 1.82) is 0 Å². The topological polar surface area (TPSA) is 104 Å². The molecule has 0 radical (unpaired) electrons. The first-order valence-electron chi connectivity index (χ1n) is 3.54. The summed E-state index contributed by atoms with van der Waals surface area (Å²) < 4.78 is 0. The highest BCUT2D eigenvalue weighted by Gasteiger charge is 2.11. The molecule has 6 nitrogen and oxygen atoms in total. The van der Waals surface area contributed by atoms with Crippen molar-refractivity contribution in [2.24, 2.45) is 0 Å². The Labute approximate surface area is 79.5 Å². The molecule has 0 spiro atoms. The van der Waals surface area contributed by atoms with Gasteiger partial charge in [0.1, 0.15) is 0 Å². The normalized spacial score (nSPS) is 10.4. The smallest absolute Gasteiger partial charge is 0.333 e. The first kappa shape index (κ1) is 11.9. The highest BCUT2D eigenvalue weighted by atomic mass is 16.4. The molecule has 0 aliphatic carbocycles. The van der Waals surface area contributed by atoms with Gasteiger partial charge < -0.3 is 15.5 Å². The molecule has 0 fully saturated rings. The molecule has 6 heteroatoms. The standard InChI is InChI=1S/C8H9NO5/c1-2-6(10)9-4-5(8(13)14)3-7(11)12/h2,4H,1,3H2,(H,9,10)(H,11,12)(H,13,14). The third kappa shape index (κ3) is 4.70. The largest absolute Gasteiger partial charge is 0.481 e. The minimum atomic E-state index is -1.39. The van der Waals surface area contributed by atoms with E-state index in [-0.39, 0.29) is 0 Å². The Hall–Kier alpha value is -2.11. The lowest BCUT2D eigenvalue weighted by Crippen LogP contribution is -2.17. The number of carboxylic acids is 2. The van der Waals surface area contributed by atoms with Crippen LogP contribution >= 0.6 is 0 Å². The number of aliphatic carboxylic acids is 2. The van der Waals surface area contributed by atoms with Crippen LogP contribution in [-0.4, -0.2) is 28.1 Å². The second kappa shape index (κ2) is 5.52. The van der Waals surface area contributed by atoms with Crippen LogP contribution < -0.4 is 5.32 Å². The summed E-state index contributed by atoms with van der Waals surface area (Å²) in [5, 5.41) is 18.9. The molecular weight excluding hydrogens is 190 g/mol. The molecule has 3 N–H and O–H groups in total. The Bertz CT molecular complexity index is 305. The molecule has 0 rings (SSSR count). The fraction of sp³-hybridized carbons (Fsp3) is 0.125. The molecule has 0 saturated heterocycles. The molecular formula is C8H9NO5. The SMILES string of the molecule is C=CC(=O)NC=C(CC(=O)O)C(=O)O. The molecule has 0 atom stereocenters.